The number of hydrogen-bond acceptors (Lipinski definition) is 2. The first-order valence-corrected chi connectivity index (χ1v) is 9.04. The number of halogens is 5. The Kier molecular flexibility index (Phi) is 7.32. The molecule has 10 heteroatoms. The van der Waals surface area contributed by atoms with Crippen LogP contribution in [0.4, 0.5) is 10.1 Å². The summed E-state index contributed by atoms with van der Waals surface area (Å²) in [5, 5.41) is 8.33. The summed E-state index contributed by atoms with van der Waals surface area (Å²) in [4.78, 5) is 12.4. The number of rotatable bonds is 4. The van der Waals surface area contributed by atoms with E-state index in [4.69, 9.17) is 58.6 Å². The highest BCUT2D eigenvalue weighted by molar-refractivity contribution is 7.80. The smallest absolute Gasteiger partial charge is 0.254 e. The molecule has 138 valence electrons. The van der Waals surface area contributed by atoms with Gasteiger partial charge in [0, 0.05) is 5.69 Å². The highest BCUT2D eigenvalue weighted by Crippen LogP contribution is 2.29. The van der Waals surface area contributed by atoms with Gasteiger partial charge < -0.3 is 16.0 Å². The topological polar surface area (TPSA) is 53.2 Å². The molecule has 26 heavy (non-hydrogen) atoms. The van der Waals surface area contributed by atoms with Gasteiger partial charge in [0.2, 0.25) is 3.79 Å². The van der Waals surface area contributed by atoms with Crippen molar-refractivity contribution in [3.63, 3.8) is 0 Å². The molecule has 0 bridgehead atoms. The second-order valence-corrected chi connectivity index (χ2v) is 8.22. The molecule has 0 aliphatic carbocycles. The van der Waals surface area contributed by atoms with Crippen LogP contribution in [0.5, 0.6) is 0 Å². The highest BCUT2D eigenvalue weighted by atomic mass is 35.6. The summed E-state index contributed by atoms with van der Waals surface area (Å²) in [6.45, 7) is 0. The molecule has 2 aromatic carbocycles. The van der Waals surface area contributed by atoms with Gasteiger partial charge in [0.1, 0.15) is 12.0 Å². The Labute approximate surface area is 174 Å². The Morgan fingerprint density at radius 3 is 2.23 bits per heavy atom. The van der Waals surface area contributed by atoms with Gasteiger partial charge in [0.25, 0.3) is 5.91 Å². The zero-order valence-corrected chi connectivity index (χ0v) is 16.7. The van der Waals surface area contributed by atoms with Gasteiger partial charge in [-0.25, -0.2) is 4.39 Å². The minimum absolute atomic E-state index is 0.0624. The fourth-order valence-electron chi connectivity index (χ4n) is 1.89. The summed E-state index contributed by atoms with van der Waals surface area (Å²) < 4.78 is 11.0. The standard InChI is InChI=1S/C16H12Cl4FN3OS/c17-12-4-2-1-3-11(12)13(25)23-14(16(18,19)20)24-15(26)22-10-7-5-9(21)6-8-10/h1-8,14H,(H,23,25)(H2,22,24,26)/t14-/m0/s1. The molecule has 0 unspecified atom stereocenters. The first kappa shape index (κ1) is 21.0. The van der Waals surface area contributed by atoms with Crippen molar-refractivity contribution in [3.05, 3.63) is 64.9 Å². The number of benzene rings is 2. The molecule has 1 atom stereocenters. The fourth-order valence-corrected chi connectivity index (χ4v) is 2.67. The lowest BCUT2D eigenvalue weighted by molar-refractivity contribution is 0.0934. The van der Waals surface area contributed by atoms with Crippen LogP contribution in [0.15, 0.2) is 48.5 Å². The first-order chi connectivity index (χ1) is 12.2. The molecule has 2 aromatic rings. The van der Waals surface area contributed by atoms with Crippen LogP contribution in [0.25, 0.3) is 0 Å². The zero-order valence-electron chi connectivity index (χ0n) is 12.9. The van der Waals surface area contributed by atoms with E-state index in [2.05, 4.69) is 16.0 Å². The van der Waals surface area contributed by atoms with Crippen LogP contribution in [0.1, 0.15) is 10.4 Å². The van der Waals surface area contributed by atoms with E-state index in [-0.39, 0.29) is 21.5 Å². The SMILES string of the molecule is O=C(N[C@@H](NC(=S)Nc1ccc(F)cc1)C(Cl)(Cl)Cl)c1ccccc1Cl. The number of amides is 1. The Bertz CT molecular complexity index is 799. The van der Waals surface area contributed by atoms with Crippen molar-refractivity contribution in [1.82, 2.24) is 10.6 Å². The van der Waals surface area contributed by atoms with Gasteiger partial charge in [0.15, 0.2) is 5.11 Å². The number of nitrogens with one attached hydrogen (secondary N) is 3. The van der Waals surface area contributed by atoms with E-state index in [1.54, 1.807) is 18.2 Å². The number of thiocarbonyl (C=S) groups is 1. The molecule has 1 amide bonds. The summed E-state index contributed by atoms with van der Waals surface area (Å²) in [6, 6.07) is 11.9. The number of carbonyl (C=O) groups excluding carboxylic acids is 1. The van der Waals surface area contributed by atoms with Crippen LogP contribution in [-0.4, -0.2) is 21.0 Å². The lowest BCUT2D eigenvalue weighted by Gasteiger charge is -2.28. The van der Waals surface area contributed by atoms with Gasteiger partial charge >= 0.3 is 0 Å². The summed E-state index contributed by atoms with van der Waals surface area (Å²) in [6.07, 6.45) is -1.16. The maximum Gasteiger partial charge on any atom is 0.254 e. The molecule has 3 N–H and O–H groups in total. The van der Waals surface area contributed by atoms with Crippen molar-refractivity contribution in [1.29, 1.82) is 0 Å². The molecule has 0 aliphatic heterocycles. The van der Waals surface area contributed by atoms with Crippen molar-refractivity contribution in [2.45, 2.75) is 9.96 Å². The second-order valence-electron chi connectivity index (χ2n) is 5.03. The highest BCUT2D eigenvalue weighted by Gasteiger charge is 2.35. The summed E-state index contributed by atoms with van der Waals surface area (Å²) in [7, 11) is 0. The number of carbonyl (C=O) groups is 1. The summed E-state index contributed by atoms with van der Waals surface area (Å²) in [5.74, 6) is -0.940. The Morgan fingerprint density at radius 1 is 1.04 bits per heavy atom. The Balaban J connectivity index is 2.07. The van der Waals surface area contributed by atoms with E-state index in [9.17, 15) is 9.18 Å². The molecule has 0 radical (unpaired) electrons. The fraction of sp³-hybridized carbons (Fsp3) is 0.125. The second kappa shape index (κ2) is 9.06. The average molecular weight is 455 g/mol. The van der Waals surface area contributed by atoms with Gasteiger partial charge in [-0.3, -0.25) is 4.79 Å². The van der Waals surface area contributed by atoms with Crippen molar-refractivity contribution in [2.24, 2.45) is 0 Å². The maximum atomic E-state index is 12.9. The van der Waals surface area contributed by atoms with Crippen LogP contribution in [0, 0.1) is 5.82 Å². The molecular formula is C16H12Cl4FN3OS. The van der Waals surface area contributed by atoms with Crippen LogP contribution >= 0.6 is 58.6 Å². The normalized spacial score (nSPS) is 12.2. The maximum absolute atomic E-state index is 12.9. The molecule has 0 fully saturated rings. The average Bonchev–Trinajstić information content (AvgIpc) is 2.56. The van der Waals surface area contributed by atoms with Gasteiger partial charge in [-0.1, -0.05) is 58.5 Å². The molecule has 0 heterocycles. The number of hydrogen-bond donors (Lipinski definition) is 3. The summed E-state index contributed by atoms with van der Waals surface area (Å²) in [5.41, 5.74) is 0.733. The van der Waals surface area contributed by atoms with Crippen molar-refractivity contribution in [3.8, 4) is 0 Å². The number of anilines is 1. The Hall–Kier alpha value is -1.31. The zero-order chi connectivity index (χ0) is 19.3. The van der Waals surface area contributed by atoms with Gasteiger partial charge in [-0.05, 0) is 48.6 Å². The first-order valence-electron chi connectivity index (χ1n) is 7.12. The third kappa shape index (κ3) is 6.14. The predicted octanol–water partition coefficient (Wildman–Crippen LogP) is 4.89. The van der Waals surface area contributed by atoms with Crippen LogP contribution in [-0.2, 0) is 0 Å². The van der Waals surface area contributed by atoms with Crippen LogP contribution in [0.3, 0.4) is 0 Å². The van der Waals surface area contributed by atoms with Gasteiger partial charge in [0.05, 0.1) is 10.6 Å². The molecule has 0 saturated carbocycles. The molecule has 0 aromatic heterocycles. The van der Waals surface area contributed by atoms with Crippen LogP contribution < -0.4 is 16.0 Å². The van der Waals surface area contributed by atoms with E-state index >= 15 is 0 Å². The minimum Gasteiger partial charge on any atom is -0.339 e. The van der Waals surface area contributed by atoms with Crippen molar-refractivity contribution in [2.75, 3.05) is 5.32 Å². The number of alkyl halides is 3. The van der Waals surface area contributed by atoms with E-state index < -0.39 is 15.9 Å². The van der Waals surface area contributed by atoms with Gasteiger partial charge in [-0.2, -0.15) is 0 Å². The molecular weight excluding hydrogens is 443 g/mol. The summed E-state index contributed by atoms with van der Waals surface area (Å²) >= 11 is 28.9. The van der Waals surface area contributed by atoms with Gasteiger partial charge in [-0.15, -0.1) is 0 Å². The minimum atomic E-state index is -1.91. The third-order valence-corrected chi connectivity index (χ3v) is 4.30. The van der Waals surface area contributed by atoms with Crippen molar-refractivity contribution >= 4 is 75.3 Å². The van der Waals surface area contributed by atoms with E-state index in [0.717, 1.165) is 0 Å². The molecule has 0 aliphatic rings. The quantitative estimate of drug-likeness (QED) is 0.349. The van der Waals surface area contributed by atoms with E-state index in [0.29, 0.717) is 5.69 Å². The van der Waals surface area contributed by atoms with E-state index in [1.807, 2.05) is 0 Å². The largest absolute Gasteiger partial charge is 0.339 e. The monoisotopic (exact) mass is 453 g/mol. The van der Waals surface area contributed by atoms with Crippen molar-refractivity contribution < 1.29 is 9.18 Å². The predicted molar refractivity (Wildman–Crippen MR) is 109 cm³/mol. The molecule has 0 saturated heterocycles. The molecule has 4 nitrogen and oxygen atoms in total. The molecule has 0 spiro atoms. The third-order valence-electron chi connectivity index (χ3n) is 3.10. The Morgan fingerprint density at radius 2 is 1.65 bits per heavy atom. The molecule has 2 rings (SSSR count). The lowest BCUT2D eigenvalue weighted by Crippen LogP contribution is -2.56. The lowest BCUT2D eigenvalue weighted by atomic mass is 10.2. The van der Waals surface area contributed by atoms with E-state index in [1.165, 1.54) is 30.3 Å². The van der Waals surface area contributed by atoms with Crippen LogP contribution in [0.2, 0.25) is 5.02 Å².